The molecule has 1 aliphatic heterocycles. The van der Waals surface area contributed by atoms with E-state index in [4.69, 9.17) is 4.74 Å². The summed E-state index contributed by atoms with van der Waals surface area (Å²) in [5.74, 6) is 0. The lowest BCUT2D eigenvalue weighted by Crippen LogP contribution is -2.19. The molecule has 1 aromatic rings. The summed E-state index contributed by atoms with van der Waals surface area (Å²) >= 11 is 3.42. The van der Waals surface area contributed by atoms with Crippen LogP contribution in [0, 0.1) is 0 Å². The largest absolute Gasteiger partial charge is 0.490 e. The molecule has 1 unspecified atom stereocenters. The van der Waals surface area contributed by atoms with Gasteiger partial charge in [0.25, 0.3) is 0 Å². The van der Waals surface area contributed by atoms with Crippen LogP contribution in [0.25, 0.3) is 0 Å². The minimum atomic E-state index is -0.152. The maximum absolute atomic E-state index is 5.57. The molecular formula is C11H11BrO. The number of benzene rings is 1. The fourth-order valence-electron chi connectivity index (χ4n) is 1.51. The highest BCUT2D eigenvalue weighted by Crippen LogP contribution is 2.34. The van der Waals surface area contributed by atoms with Gasteiger partial charge in [-0.25, -0.2) is 0 Å². The first-order valence-corrected chi connectivity index (χ1v) is 5.09. The Kier molecular flexibility index (Phi) is 2.16. The SMILES string of the molecule is CC1(c2ccc(Br)cc2)CC=CO1. The average Bonchev–Trinajstić information content (AvgIpc) is 2.54. The van der Waals surface area contributed by atoms with E-state index in [9.17, 15) is 0 Å². The quantitative estimate of drug-likeness (QED) is 0.727. The lowest BCUT2D eigenvalue weighted by atomic mass is 9.94. The zero-order valence-electron chi connectivity index (χ0n) is 7.46. The van der Waals surface area contributed by atoms with E-state index in [0.717, 1.165) is 10.9 Å². The average molecular weight is 239 g/mol. The molecular weight excluding hydrogens is 228 g/mol. The summed E-state index contributed by atoms with van der Waals surface area (Å²) in [6.07, 6.45) is 4.79. The predicted octanol–water partition coefficient (Wildman–Crippen LogP) is 3.60. The maximum atomic E-state index is 5.57. The molecule has 1 atom stereocenters. The van der Waals surface area contributed by atoms with Crippen LogP contribution in [0.4, 0.5) is 0 Å². The standard InChI is InChI=1S/C11H11BrO/c1-11(7-2-8-13-11)9-3-5-10(12)6-4-9/h2-6,8H,7H2,1H3. The third-order valence-electron chi connectivity index (χ3n) is 2.39. The van der Waals surface area contributed by atoms with Crippen LogP contribution in [-0.4, -0.2) is 0 Å². The molecule has 0 radical (unpaired) electrons. The van der Waals surface area contributed by atoms with Gasteiger partial charge in [-0.2, -0.15) is 0 Å². The molecule has 0 bridgehead atoms. The highest BCUT2D eigenvalue weighted by Gasteiger charge is 2.29. The van der Waals surface area contributed by atoms with Crippen LogP contribution in [-0.2, 0) is 10.3 Å². The predicted molar refractivity (Wildman–Crippen MR) is 56.3 cm³/mol. The molecule has 0 saturated heterocycles. The summed E-state index contributed by atoms with van der Waals surface area (Å²) in [5.41, 5.74) is 1.07. The van der Waals surface area contributed by atoms with Gasteiger partial charge in [-0.1, -0.05) is 28.1 Å². The molecule has 0 N–H and O–H groups in total. The van der Waals surface area contributed by atoms with Crippen molar-refractivity contribution in [1.82, 2.24) is 0 Å². The normalized spacial score (nSPS) is 26.0. The van der Waals surface area contributed by atoms with Gasteiger partial charge in [-0.15, -0.1) is 0 Å². The van der Waals surface area contributed by atoms with Gasteiger partial charge in [-0.3, -0.25) is 0 Å². The molecule has 0 spiro atoms. The second kappa shape index (κ2) is 3.18. The van der Waals surface area contributed by atoms with Gasteiger partial charge >= 0.3 is 0 Å². The van der Waals surface area contributed by atoms with Gasteiger partial charge in [-0.05, 0) is 30.7 Å². The summed E-state index contributed by atoms with van der Waals surface area (Å²) in [7, 11) is 0. The molecule has 0 aliphatic carbocycles. The lowest BCUT2D eigenvalue weighted by molar-refractivity contribution is 0.0609. The summed E-state index contributed by atoms with van der Waals surface area (Å²) in [6.45, 7) is 2.11. The Labute approximate surface area is 86.5 Å². The van der Waals surface area contributed by atoms with E-state index >= 15 is 0 Å². The van der Waals surface area contributed by atoms with Crippen LogP contribution in [0.5, 0.6) is 0 Å². The monoisotopic (exact) mass is 238 g/mol. The summed E-state index contributed by atoms with van der Waals surface area (Å²) in [6, 6.07) is 8.28. The van der Waals surface area contributed by atoms with E-state index in [2.05, 4.69) is 41.1 Å². The Morgan fingerprint density at radius 3 is 2.54 bits per heavy atom. The Morgan fingerprint density at radius 2 is 2.00 bits per heavy atom. The van der Waals surface area contributed by atoms with Crippen LogP contribution in [0.3, 0.4) is 0 Å². The molecule has 1 aromatic carbocycles. The Balaban J connectivity index is 2.30. The Hall–Kier alpha value is -0.760. The minimum Gasteiger partial charge on any atom is -0.490 e. The molecule has 2 rings (SSSR count). The van der Waals surface area contributed by atoms with Crippen LogP contribution >= 0.6 is 15.9 Å². The van der Waals surface area contributed by atoms with Crippen molar-refractivity contribution in [3.63, 3.8) is 0 Å². The van der Waals surface area contributed by atoms with Gasteiger partial charge in [0, 0.05) is 10.9 Å². The van der Waals surface area contributed by atoms with Crippen LogP contribution in [0.1, 0.15) is 18.9 Å². The van der Waals surface area contributed by atoms with Gasteiger partial charge in [0.05, 0.1) is 6.26 Å². The van der Waals surface area contributed by atoms with Gasteiger partial charge in [0.15, 0.2) is 0 Å². The molecule has 68 valence electrons. The second-order valence-corrected chi connectivity index (χ2v) is 4.35. The fraction of sp³-hybridized carbons (Fsp3) is 0.273. The number of halogens is 1. The molecule has 1 heterocycles. The van der Waals surface area contributed by atoms with Crippen LogP contribution in [0.2, 0.25) is 0 Å². The van der Waals surface area contributed by atoms with E-state index in [-0.39, 0.29) is 5.60 Å². The third kappa shape index (κ3) is 1.63. The lowest BCUT2D eigenvalue weighted by Gasteiger charge is -2.24. The first-order chi connectivity index (χ1) is 6.21. The van der Waals surface area contributed by atoms with E-state index in [1.807, 2.05) is 12.1 Å². The van der Waals surface area contributed by atoms with Crippen molar-refractivity contribution < 1.29 is 4.74 Å². The number of ether oxygens (including phenoxy) is 1. The summed E-state index contributed by atoms with van der Waals surface area (Å²) in [5, 5.41) is 0. The summed E-state index contributed by atoms with van der Waals surface area (Å²) < 4.78 is 6.67. The topological polar surface area (TPSA) is 9.23 Å². The van der Waals surface area contributed by atoms with Crippen molar-refractivity contribution in [2.45, 2.75) is 18.9 Å². The zero-order chi connectivity index (χ0) is 9.31. The van der Waals surface area contributed by atoms with Crippen LogP contribution < -0.4 is 0 Å². The molecule has 0 saturated carbocycles. The first kappa shape index (κ1) is 8.82. The van der Waals surface area contributed by atoms with Crippen molar-refractivity contribution in [2.75, 3.05) is 0 Å². The van der Waals surface area contributed by atoms with E-state index in [1.165, 1.54) is 5.56 Å². The van der Waals surface area contributed by atoms with Crippen LogP contribution in [0.15, 0.2) is 41.1 Å². The molecule has 1 aliphatic rings. The number of rotatable bonds is 1. The van der Waals surface area contributed by atoms with Crippen molar-refractivity contribution in [2.24, 2.45) is 0 Å². The van der Waals surface area contributed by atoms with Crippen molar-refractivity contribution in [3.05, 3.63) is 46.6 Å². The summed E-state index contributed by atoms with van der Waals surface area (Å²) in [4.78, 5) is 0. The molecule has 0 amide bonds. The number of hydrogen-bond acceptors (Lipinski definition) is 1. The van der Waals surface area contributed by atoms with E-state index < -0.39 is 0 Å². The highest BCUT2D eigenvalue weighted by atomic mass is 79.9. The minimum absolute atomic E-state index is 0.152. The smallest absolute Gasteiger partial charge is 0.134 e. The Morgan fingerprint density at radius 1 is 1.31 bits per heavy atom. The van der Waals surface area contributed by atoms with Gasteiger partial charge in [0.1, 0.15) is 5.60 Å². The number of hydrogen-bond donors (Lipinski definition) is 0. The fourth-order valence-corrected chi connectivity index (χ4v) is 1.77. The van der Waals surface area contributed by atoms with E-state index in [0.29, 0.717) is 0 Å². The van der Waals surface area contributed by atoms with Gasteiger partial charge in [0.2, 0.25) is 0 Å². The molecule has 13 heavy (non-hydrogen) atoms. The first-order valence-electron chi connectivity index (χ1n) is 4.30. The van der Waals surface area contributed by atoms with Gasteiger partial charge < -0.3 is 4.74 Å². The molecule has 0 aromatic heterocycles. The third-order valence-corrected chi connectivity index (χ3v) is 2.92. The Bertz CT molecular complexity index is 318. The van der Waals surface area contributed by atoms with Crippen molar-refractivity contribution >= 4 is 15.9 Å². The molecule has 1 nitrogen and oxygen atoms in total. The van der Waals surface area contributed by atoms with Crippen molar-refractivity contribution in [3.8, 4) is 0 Å². The van der Waals surface area contributed by atoms with Crippen molar-refractivity contribution in [1.29, 1.82) is 0 Å². The molecule has 2 heteroatoms. The zero-order valence-corrected chi connectivity index (χ0v) is 9.04. The maximum Gasteiger partial charge on any atom is 0.134 e. The van der Waals surface area contributed by atoms with E-state index in [1.54, 1.807) is 6.26 Å². The second-order valence-electron chi connectivity index (χ2n) is 3.43. The highest BCUT2D eigenvalue weighted by molar-refractivity contribution is 9.10. The molecule has 0 fully saturated rings.